The Bertz CT molecular complexity index is 541. The average molecular weight is 324 g/mol. The highest BCUT2D eigenvalue weighted by molar-refractivity contribution is 9.10. The summed E-state index contributed by atoms with van der Waals surface area (Å²) in [6.45, 7) is 4.25. The number of hydrogen-bond acceptors (Lipinski definition) is 4. The van der Waals surface area contributed by atoms with Crippen LogP contribution in [0.1, 0.15) is 32.1 Å². The van der Waals surface area contributed by atoms with Crippen LogP contribution < -0.4 is 5.32 Å². The molecule has 1 aromatic carbocycles. The van der Waals surface area contributed by atoms with Crippen LogP contribution in [0, 0.1) is 0 Å². The Morgan fingerprint density at radius 2 is 2.11 bits per heavy atom. The number of nitrogens with zero attached hydrogens (tertiary/aromatic N) is 2. The summed E-state index contributed by atoms with van der Waals surface area (Å²) >= 11 is 3.50. The first-order valence-electron chi connectivity index (χ1n) is 6.43. The number of rotatable bonds is 5. The van der Waals surface area contributed by atoms with Crippen LogP contribution in [0.3, 0.4) is 0 Å². The minimum absolute atomic E-state index is 0.230. The molecule has 0 fully saturated rings. The Morgan fingerprint density at radius 1 is 1.37 bits per heavy atom. The molecule has 1 heterocycles. The van der Waals surface area contributed by atoms with Gasteiger partial charge in [0, 0.05) is 16.1 Å². The Kier molecular flexibility index (Phi) is 4.71. The molecule has 102 valence electrons. The van der Waals surface area contributed by atoms with Crippen molar-refractivity contribution in [1.29, 1.82) is 0 Å². The molecule has 0 radical (unpaired) electrons. The van der Waals surface area contributed by atoms with Gasteiger partial charge < -0.3 is 9.84 Å². The van der Waals surface area contributed by atoms with Crippen LogP contribution in [0.5, 0.6) is 0 Å². The Balaban J connectivity index is 2.31. The van der Waals surface area contributed by atoms with Gasteiger partial charge in [0.2, 0.25) is 11.7 Å². The molecule has 2 rings (SSSR count). The lowest BCUT2D eigenvalue weighted by Gasteiger charge is -2.17. The summed E-state index contributed by atoms with van der Waals surface area (Å²) in [7, 11) is 1.94. The minimum atomic E-state index is 0.230. The molecule has 1 aromatic heterocycles. The first-order valence-corrected chi connectivity index (χ1v) is 7.22. The van der Waals surface area contributed by atoms with E-state index in [0.717, 1.165) is 16.5 Å². The molecule has 19 heavy (non-hydrogen) atoms. The minimum Gasteiger partial charge on any atom is -0.339 e. The lowest BCUT2D eigenvalue weighted by Crippen LogP contribution is -2.28. The number of benzene rings is 1. The van der Waals surface area contributed by atoms with Crippen molar-refractivity contribution in [2.45, 2.75) is 32.2 Å². The summed E-state index contributed by atoms with van der Waals surface area (Å²) in [5.74, 6) is 1.55. The monoisotopic (exact) mass is 323 g/mol. The van der Waals surface area contributed by atoms with Gasteiger partial charge >= 0.3 is 0 Å². The molecule has 4 nitrogen and oxygen atoms in total. The summed E-state index contributed by atoms with van der Waals surface area (Å²) in [4.78, 5) is 4.53. The molecular formula is C14H18BrN3O. The maximum Gasteiger partial charge on any atom is 0.231 e. The molecule has 0 aliphatic rings. The maximum absolute atomic E-state index is 5.43. The summed E-state index contributed by atoms with van der Waals surface area (Å²) in [5.41, 5.74) is 0.949. The second-order valence-corrected chi connectivity index (χ2v) is 5.38. The van der Waals surface area contributed by atoms with Crippen molar-refractivity contribution in [3.63, 3.8) is 0 Å². The van der Waals surface area contributed by atoms with E-state index in [2.05, 4.69) is 45.2 Å². The van der Waals surface area contributed by atoms with Gasteiger partial charge in [0.05, 0.1) is 5.92 Å². The van der Waals surface area contributed by atoms with Crippen LogP contribution in [0.25, 0.3) is 11.4 Å². The molecule has 1 N–H and O–H groups in total. The Hall–Kier alpha value is -1.20. The third-order valence-corrected chi connectivity index (χ3v) is 4.06. The summed E-state index contributed by atoms with van der Waals surface area (Å²) in [6.07, 6.45) is 0.958. The zero-order valence-electron chi connectivity index (χ0n) is 11.4. The van der Waals surface area contributed by atoms with E-state index in [1.165, 1.54) is 0 Å². The predicted octanol–water partition coefficient (Wildman–Crippen LogP) is 3.60. The highest BCUT2D eigenvalue weighted by Crippen LogP contribution is 2.28. The lowest BCUT2D eigenvalue weighted by atomic mass is 9.98. The molecule has 2 aromatic rings. The van der Waals surface area contributed by atoms with E-state index < -0.39 is 0 Å². The molecule has 0 aliphatic heterocycles. The second-order valence-electron chi connectivity index (χ2n) is 4.53. The molecule has 2 atom stereocenters. The molecule has 2 unspecified atom stereocenters. The van der Waals surface area contributed by atoms with Crippen LogP contribution >= 0.6 is 15.9 Å². The molecule has 0 saturated carbocycles. The molecular weight excluding hydrogens is 306 g/mol. The molecule has 5 heteroatoms. The third kappa shape index (κ3) is 3.04. The van der Waals surface area contributed by atoms with E-state index >= 15 is 0 Å². The highest BCUT2D eigenvalue weighted by atomic mass is 79.9. The number of hydrogen-bond donors (Lipinski definition) is 1. The van der Waals surface area contributed by atoms with E-state index in [-0.39, 0.29) is 5.92 Å². The summed E-state index contributed by atoms with van der Waals surface area (Å²) in [6, 6.07) is 8.17. The van der Waals surface area contributed by atoms with Gasteiger partial charge in [-0.2, -0.15) is 4.98 Å². The van der Waals surface area contributed by atoms with Crippen molar-refractivity contribution in [1.82, 2.24) is 15.5 Å². The van der Waals surface area contributed by atoms with Crippen molar-refractivity contribution in [3.8, 4) is 11.4 Å². The van der Waals surface area contributed by atoms with Crippen molar-refractivity contribution in [2.75, 3.05) is 7.05 Å². The van der Waals surface area contributed by atoms with E-state index in [0.29, 0.717) is 17.8 Å². The zero-order chi connectivity index (χ0) is 13.8. The lowest BCUT2D eigenvalue weighted by molar-refractivity contribution is 0.322. The number of nitrogens with one attached hydrogen (secondary N) is 1. The van der Waals surface area contributed by atoms with Crippen molar-refractivity contribution in [3.05, 3.63) is 34.6 Å². The van der Waals surface area contributed by atoms with E-state index in [4.69, 9.17) is 4.52 Å². The highest BCUT2D eigenvalue weighted by Gasteiger charge is 2.23. The Labute approximate surface area is 121 Å². The normalized spacial score (nSPS) is 14.3. The van der Waals surface area contributed by atoms with Gasteiger partial charge in [0.15, 0.2) is 0 Å². The molecule has 0 aliphatic carbocycles. The fraction of sp³-hybridized carbons (Fsp3) is 0.429. The third-order valence-electron chi connectivity index (χ3n) is 3.37. The zero-order valence-corrected chi connectivity index (χ0v) is 12.9. The van der Waals surface area contributed by atoms with Crippen LogP contribution in [-0.4, -0.2) is 23.2 Å². The van der Waals surface area contributed by atoms with Gasteiger partial charge in [0.25, 0.3) is 0 Å². The first kappa shape index (κ1) is 14.2. The topological polar surface area (TPSA) is 51.0 Å². The second kappa shape index (κ2) is 6.30. The largest absolute Gasteiger partial charge is 0.339 e. The van der Waals surface area contributed by atoms with E-state index in [9.17, 15) is 0 Å². The van der Waals surface area contributed by atoms with Gasteiger partial charge in [0.1, 0.15) is 0 Å². The quantitative estimate of drug-likeness (QED) is 0.913. The molecule has 0 amide bonds. The van der Waals surface area contributed by atoms with E-state index in [1.54, 1.807) is 0 Å². The number of aromatic nitrogens is 2. The summed E-state index contributed by atoms with van der Waals surface area (Å²) in [5, 5.41) is 7.33. The van der Waals surface area contributed by atoms with Crippen molar-refractivity contribution >= 4 is 15.9 Å². The SMILES string of the molecule is CCC(c1nc(-c2ccccc2Br)no1)C(C)NC. The van der Waals surface area contributed by atoms with Crippen LogP contribution in [0.4, 0.5) is 0 Å². The van der Waals surface area contributed by atoms with Gasteiger partial charge in [-0.15, -0.1) is 0 Å². The number of halogens is 1. The fourth-order valence-corrected chi connectivity index (χ4v) is 2.54. The Morgan fingerprint density at radius 3 is 2.74 bits per heavy atom. The predicted molar refractivity (Wildman–Crippen MR) is 79.0 cm³/mol. The maximum atomic E-state index is 5.43. The molecule has 0 saturated heterocycles. The van der Waals surface area contributed by atoms with Gasteiger partial charge in [-0.25, -0.2) is 0 Å². The van der Waals surface area contributed by atoms with Crippen LogP contribution in [0.2, 0.25) is 0 Å². The molecule has 0 bridgehead atoms. The molecule has 0 spiro atoms. The van der Waals surface area contributed by atoms with Gasteiger partial charge in [-0.3, -0.25) is 0 Å². The standard InChI is InChI=1S/C14H18BrN3O/c1-4-10(9(2)16-3)14-17-13(18-19-14)11-7-5-6-8-12(11)15/h5-10,16H,4H2,1-3H3. The van der Waals surface area contributed by atoms with Crippen molar-refractivity contribution in [2.24, 2.45) is 0 Å². The van der Waals surface area contributed by atoms with Crippen LogP contribution in [0.15, 0.2) is 33.3 Å². The van der Waals surface area contributed by atoms with Crippen LogP contribution in [-0.2, 0) is 0 Å². The van der Waals surface area contributed by atoms with E-state index in [1.807, 2.05) is 31.3 Å². The van der Waals surface area contributed by atoms with Gasteiger partial charge in [-0.05, 0) is 32.5 Å². The first-order chi connectivity index (χ1) is 9.17. The smallest absolute Gasteiger partial charge is 0.231 e. The number of likely N-dealkylation sites (N-methyl/N-ethyl adjacent to an activating group) is 1. The summed E-state index contributed by atoms with van der Waals surface area (Å²) < 4.78 is 6.40. The van der Waals surface area contributed by atoms with Crippen molar-refractivity contribution < 1.29 is 4.52 Å². The fourth-order valence-electron chi connectivity index (χ4n) is 2.08. The van der Waals surface area contributed by atoms with Gasteiger partial charge in [-0.1, -0.05) is 40.1 Å². The average Bonchev–Trinajstić information content (AvgIpc) is 2.89.